The molecule has 1 aromatic carbocycles. The van der Waals surface area contributed by atoms with Crippen molar-refractivity contribution < 1.29 is 5.11 Å². The largest absolute Gasteiger partial charge is 0.392 e. The Morgan fingerprint density at radius 1 is 1.27 bits per heavy atom. The Bertz CT molecular complexity index is 280. The van der Waals surface area contributed by atoms with Crippen molar-refractivity contribution in [1.29, 1.82) is 0 Å². The van der Waals surface area contributed by atoms with Gasteiger partial charge < -0.3 is 15.3 Å². The van der Waals surface area contributed by atoms with Crippen LogP contribution in [-0.4, -0.2) is 31.9 Å². The summed E-state index contributed by atoms with van der Waals surface area (Å²) < 4.78 is 0. The lowest BCUT2D eigenvalue weighted by atomic mass is 10.2. The summed E-state index contributed by atoms with van der Waals surface area (Å²) in [6, 6.07) is 8.40. The Hall–Kier alpha value is -1.06. The van der Waals surface area contributed by atoms with E-state index in [0.29, 0.717) is 6.54 Å². The fourth-order valence-electron chi connectivity index (χ4n) is 1.34. The maximum absolute atomic E-state index is 9.08. The molecule has 0 saturated carbocycles. The molecular formula is C12H20N2O. The second-order valence-corrected chi connectivity index (χ2v) is 4.04. The Kier molecular flexibility index (Phi) is 4.59. The molecule has 0 aliphatic carbocycles. The Balaban J connectivity index is 2.43. The minimum Gasteiger partial charge on any atom is -0.392 e. The molecule has 1 aromatic rings. The minimum absolute atomic E-state index is 0.286. The van der Waals surface area contributed by atoms with Crippen molar-refractivity contribution in [3.63, 3.8) is 0 Å². The quantitative estimate of drug-likeness (QED) is 0.764. The predicted octanol–water partition coefficient (Wildman–Crippen LogP) is 1.22. The molecule has 0 spiro atoms. The molecule has 0 saturated heterocycles. The number of benzene rings is 1. The standard InChI is InChI=1S/C12H20N2O/c1-10(15)8-13-9-11-4-6-12(7-5-11)14(2)3/h4-7,10,13,15H,8-9H2,1-3H3/t10-/m0/s1. The molecule has 3 nitrogen and oxygen atoms in total. The fourth-order valence-corrected chi connectivity index (χ4v) is 1.34. The van der Waals surface area contributed by atoms with Crippen LogP contribution in [0.4, 0.5) is 5.69 Å². The van der Waals surface area contributed by atoms with Gasteiger partial charge in [-0.1, -0.05) is 12.1 Å². The Morgan fingerprint density at radius 3 is 2.33 bits per heavy atom. The highest BCUT2D eigenvalue weighted by molar-refractivity contribution is 5.45. The van der Waals surface area contributed by atoms with Gasteiger partial charge >= 0.3 is 0 Å². The summed E-state index contributed by atoms with van der Waals surface area (Å²) in [5, 5.41) is 12.3. The number of anilines is 1. The third-order valence-electron chi connectivity index (χ3n) is 2.22. The molecular weight excluding hydrogens is 188 g/mol. The van der Waals surface area contributed by atoms with E-state index in [4.69, 9.17) is 5.11 Å². The van der Waals surface area contributed by atoms with Gasteiger partial charge in [0, 0.05) is 32.9 Å². The number of hydrogen-bond donors (Lipinski definition) is 2. The van der Waals surface area contributed by atoms with Crippen molar-refractivity contribution in [2.45, 2.75) is 19.6 Å². The van der Waals surface area contributed by atoms with E-state index >= 15 is 0 Å². The molecule has 0 aliphatic heterocycles. The van der Waals surface area contributed by atoms with E-state index in [-0.39, 0.29) is 6.10 Å². The number of aliphatic hydroxyl groups excluding tert-OH is 1. The van der Waals surface area contributed by atoms with Gasteiger partial charge in [-0.05, 0) is 24.6 Å². The number of nitrogens with one attached hydrogen (secondary N) is 1. The third kappa shape index (κ3) is 4.32. The second kappa shape index (κ2) is 5.73. The summed E-state index contributed by atoms with van der Waals surface area (Å²) in [4.78, 5) is 2.08. The van der Waals surface area contributed by atoms with Gasteiger partial charge in [0.15, 0.2) is 0 Å². The number of nitrogens with zero attached hydrogens (tertiary/aromatic N) is 1. The lowest BCUT2D eigenvalue weighted by molar-refractivity contribution is 0.191. The normalized spacial score (nSPS) is 12.5. The molecule has 0 heterocycles. The zero-order valence-electron chi connectivity index (χ0n) is 9.70. The lowest BCUT2D eigenvalue weighted by Gasteiger charge is -2.13. The van der Waals surface area contributed by atoms with Crippen molar-refractivity contribution in [3.05, 3.63) is 29.8 Å². The number of hydrogen-bond acceptors (Lipinski definition) is 3. The summed E-state index contributed by atoms with van der Waals surface area (Å²) in [6.45, 7) is 3.22. The summed E-state index contributed by atoms with van der Waals surface area (Å²) in [5.74, 6) is 0. The van der Waals surface area contributed by atoms with E-state index < -0.39 is 0 Å². The van der Waals surface area contributed by atoms with Crippen LogP contribution in [0.1, 0.15) is 12.5 Å². The first kappa shape index (κ1) is 12.0. The smallest absolute Gasteiger partial charge is 0.0636 e. The van der Waals surface area contributed by atoms with Crippen molar-refractivity contribution in [2.24, 2.45) is 0 Å². The molecule has 15 heavy (non-hydrogen) atoms. The van der Waals surface area contributed by atoms with Crippen LogP contribution in [0.2, 0.25) is 0 Å². The molecule has 2 N–H and O–H groups in total. The van der Waals surface area contributed by atoms with E-state index in [1.807, 2.05) is 14.1 Å². The molecule has 0 aliphatic rings. The topological polar surface area (TPSA) is 35.5 Å². The second-order valence-electron chi connectivity index (χ2n) is 4.04. The first-order valence-electron chi connectivity index (χ1n) is 5.24. The molecule has 0 unspecified atom stereocenters. The van der Waals surface area contributed by atoms with Gasteiger partial charge in [0.05, 0.1) is 6.10 Å². The van der Waals surface area contributed by atoms with Crippen molar-refractivity contribution in [3.8, 4) is 0 Å². The van der Waals surface area contributed by atoms with E-state index in [0.717, 1.165) is 6.54 Å². The van der Waals surface area contributed by atoms with E-state index in [1.165, 1.54) is 11.3 Å². The molecule has 0 radical (unpaired) electrons. The average Bonchev–Trinajstić information content (AvgIpc) is 2.18. The van der Waals surface area contributed by atoms with Crippen LogP contribution in [0.3, 0.4) is 0 Å². The average molecular weight is 208 g/mol. The summed E-state index contributed by atoms with van der Waals surface area (Å²) in [7, 11) is 4.06. The Labute approximate surface area is 91.7 Å². The van der Waals surface area contributed by atoms with Crippen LogP contribution in [-0.2, 0) is 6.54 Å². The highest BCUT2D eigenvalue weighted by atomic mass is 16.3. The molecule has 0 aromatic heterocycles. The summed E-state index contributed by atoms with van der Waals surface area (Å²) >= 11 is 0. The number of rotatable bonds is 5. The zero-order chi connectivity index (χ0) is 11.3. The highest BCUT2D eigenvalue weighted by Crippen LogP contribution is 2.11. The van der Waals surface area contributed by atoms with Crippen molar-refractivity contribution >= 4 is 5.69 Å². The monoisotopic (exact) mass is 208 g/mol. The fraction of sp³-hybridized carbons (Fsp3) is 0.500. The zero-order valence-corrected chi connectivity index (χ0v) is 9.70. The third-order valence-corrected chi connectivity index (χ3v) is 2.22. The maximum Gasteiger partial charge on any atom is 0.0636 e. The van der Waals surface area contributed by atoms with Crippen LogP contribution in [0, 0.1) is 0 Å². The minimum atomic E-state index is -0.286. The number of aliphatic hydroxyl groups is 1. The van der Waals surface area contributed by atoms with Crippen LogP contribution in [0.5, 0.6) is 0 Å². The van der Waals surface area contributed by atoms with Gasteiger partial charge in [-0.2, -0.15) is 0 Å². The molecule has 0 amide bonds. The van der Waals surface area contributed by atoms with Gasteiger partial charge in [-0.25, -0.2) is 0 Å². The maximum atomic E-state index is 9.08. The van der Waals surface area contributed by atoms with E-state index in [1.54, 1.807) is 6.92 Å². The molecule has 84 valence electrons. The molecule has 0 bridgehead atoms. The van der Waals surface area contributed by atoms with Gasteiger partial charge in [0.2, 0.25) is 0 Å². The lowest BCUT2D eigenvalue weighted by Crippen LogP contribution is -2.23. The van der Waals surface area contributed by atoms with Crippen LogP contribution < -0.4 is 10.2 Å². The van der Waals surface area contributed by atoms with Crippen molar-refractivity contribution in [1.82, 2.24) is 5.32 Å². The van der Waals surface area contributed by atoms with Crippen LogP contribution >= 0.6 is 0 Å². The van der Waals surface area contributed by atoms with Crippen LogP contribution in [0.15, 0.2) is 24.3 Å². The summed E-state index contributed by atoms with van der Waals surface area (Å²) in [6.07, 6.45) is -0.286. The van der Waals surface area contributed by atoms with Crippen molar-refractivity contribution in [2.75, 3.05) is 25.5 Å². The van der Waals surface area contributed by atoms with Gasteiger partial charge in [0.1, 0.15) is 0 Å². The van der Waals surface area contributed by atoms with Gasteiger partial charge in [-0.15, -0.1) is 0 Å². The SMILES string of the molecule is C[C@H](O)CNCc1ccc(N(C)C)cc1. The molecule has 0 fully saturated rings. The highest BCUT2D eigenvalue weighted by Gasteiger charge is 1.97. The first-order chi connectivity index (χ1) is 7.09. The van der Waals surface area contributed by atoms with E-state index in [2.05, 4.69) is 34.5 Å². The first-order valence-corrected chi connectivity index (χ1v) is 5.24. The van der Waals surface area contributed by atoms with E-state index in [9.17, 15) is 0 Å². The van der Waals surface area contributed by atoms with Gasteiger partial charge in [0.25, 0.3) is 0 Å². The summed E-state index contributed by atoms with van der Waals surface area (Å²) in [5.41, 5.74) is 2.44. The molecule has 1 atom stereocenters. The Morgan fingerprint density at radius 2 is 1.87 bits per heavy atom. The predicted molar refractivity (Wildman–Crippen MR) is 64.2 cm³/mol. The molecule has 1 rings (SSSR count). The molecule has 3 heteroatoms. The van der Waals surface area contributed by atoms with Gasteiger partial charge in [-0.3, -0.25) is 0 Å². The van der Waals surface area contributed by atoms with Crippen LogP contribution in [0.25, 0.3) is 0 Å².